The lowest BCUT2D eigenvalue weighted by atomic mass is 10.3. The van der Waals surface area contributed by atoms with E-state index >= 15 is 0 Å². The molecule has 2 heterocycles. The zero-order valence-electron chi connectivity index (χ0n) is 9.50. The molecular weight excluding hydrogens is 246 g/mol. The van der Waals surface area contributed by atoms with Gasteiger partial charge in [-0.2, -0.15) is 0 Å². The summed E-state index contributed by atoms with van der Waals surface area (Å²) in [5.41, 5.74) is 7.61. The van der Waals surface area contributed by atoms with Crippen LogP contribution in [0.3, 0.4) is 0 Å². The Morgan fingerprint density at radius 1 is 1.17 bits per heavy atom. The third kappa shape index (κ3) is 2.28. The number of nitrogens with two attached hydrogens (primary N) is 1. The van der Waals surface area contributed by atoms with Gasteiger partial charge in [0.25, 0.3) is 0 Å². The molecule has 0 bridgehead atoms. The smallest absolute Gasteiger partial charge is 0.166 e. The van der Waals surface area contributed by atoms with Crippen molar-refractivity contribution in [1.82, 2.24) is 19.9 Å². The van der Waals surface area contributed by atoms with Gasteiger partial charge in [0, 0.05) is 6.20 Å². The van der Waals surface area contributed by atoms with Crippen LogP contribution in [0.5, 0.6) is 0 Å². The first-order valence-electron chi connectivity index (χ1n) is 5.46. The summed E-state index contributed by atoms with van der Waals surface area (Å²) in [6.07, 6.45) is 1.66. The molecule has 0 spiro atoms. The van der Waals surface area contributed by atoms with Gasteiger partial charge < -0.3 is 10.7 Å². The van der Waals surface area contributed by atoms with Crippen LogP contribution >= 0.6 is 11.8 Å². The molecule has 18 heavy (non-hydrogen) atoms. The van der Waals surface area contributed by atoms with E-state index in [1.807, 2.05) is 24.3 Å². The fourth-order valence-corrected chi connectivity index (χ4v) is 2.36. The van der Waals surface area contributed by atoms with E-state index in [0.717, 1.165) is 16.2 Å². The van der Waals surface area contributed by atoms with Crippen LogP contribution in [0, 0.1) is 0 Å². The number of hydrogen-bond donors (Lipinski definition) is 2. The van der Waals surface area contributed by atoms with Gasteiger partial charge in [-0.05, 0) is 18.2 Å². The average molecular weight is 257 g/mol. The molecule has 2 aromatic heterocycles. The van der Waals surface area contributed by atoms with Crippen LogP contribution in [0.15, 0.2) is 41.7 Å². The van der Waals surface area contributed by atoms with Crippen molar-refractivity contribution >= 4 is 28.6 Å². The molecule has 5 nitrogen and oxygen atoms in total. The van der Waals surface area contributed by atoms with Gasteiger partial charge in [0.1, 0.15) is 11.6 Å². The van der Waals surface area contributed by atoms with Crippen LogP contribution in [0.4, 0.5) is 5.82 Å². The highest BCUT2D eigenvalue weighted by molar-refractivity contribution is 7.98. The van der Waals surface area contributed by atoms with Crippen LogP contribution in [-0.4, -0.2) is 19.9 Å². The van der Waals surface area contributed by atoms with E-state index in [1.165, 1.54) is 0 Å². The van der Waals surface area contributed by atoms with Gasteiger partial charge in [0.15, 0.2) is 5.16 Å². The first kappa shape index (κ1) is 11.0. The Morgan fingerprint density at radius 2 is 2.06 bits per heavy atom. The van der Waals surface area contributed by atoms with Crippen molar-refractivity contribution < 1.29 is 0 Å². The summed E-state index contributed by atoms with van der Waals surface area (Å²) in [4.78, 5) is 16.0. The van der Waals surface area contributed by atoms with Gasteiger partial charge in [-0.3, -0.25) is 0 Å². The van der Waals surface area contributed by atoms with Crippen molar-refractivity contribution in [1.29, 1.82) is 0 Å². The van der Waals surface area contributed by atoms with Crippen LogP contribution in [0.25, 0.3) is 11.0 Å². The minimum Gasteiger partial charge on any atom is -0.384 e. The molecule has 0 aliphatic heterocycles. The standard InChI is InChI=1S/C12H11N5S/c13-10-5-6-14-11(17-10)7-18-12-15-8-3-1-2-4-9(8)16-12/h1-6H,7H2,(H,15,16)(H2,13,14,17). The van der Waals surface area contributed by atoms with E-state index in [2.05, 4.69) is 19.9 Å². The zero-order valence-corrected chi connectivity index (χ0v) is 10.3. The highest BCUT2D eigenvalue weighted by atomic mass is 32.2. The van der Waals surface area contributed by atoms with E-state index in [-0.39, 0.29) is 0 Å². The van der Waals surface area contributed by atoms with Crippen molar-refractivity contribution in [2.24, 2.45) is 0 Å². The lowest BCUT2D eigenvalue weighted by Gasteiger charge is -1.98. The van der Waals surface area contributed by atoms with Crippen molar-refractivity contribution in [2.75, 3.05) is 5.73 Å². The summed E-state index contributed by atoms with van der Waals surface area (Å²) in [6.45, 7) is 0. The molecule has 0 fully saturated rings. The molecule has 3 aromatic rings. The summed E-state index contributed by atoms with van der Waals surface area (Å²) in [7, 11) is 0. The number of aromatic nitrogens is 4. The van der Waals surface area contributed by atoms with Crippen LogP contribution in [0.2, 0.25) is 0 Å². The number of hydrogen-bond acceptors (Lipinski definition) is 5. The molecule has 0 amide bonds. The monoisotopic (exact) mass is 257 g/mol. The predicted octanol–water partition coefficient (Wildman–Crippen LogP) is 2.23. The number of aromatic amines is 1. The second-order valence-electron chi connectivity index (χ2n) is 3.75. The number of anilines is 1. The first-order chi connectivity index (χ1) is 8.81. The zero-order chi connectivity index (χ0) is 12.4. The predicted molar refractivity (Wildman–Crippen MR) is 72.1 cm³/mol. The van der Waals surface area contributed by atoms with Crippen LogP contribution in [-0.2, 0) is 5.75 Å². The summed E-state index contributed by atoms with van der Waals surface area (Å²) < 4.78 is 0. The molecule has 0 unspecified atom stereocenters. The van der Waals surface area contributed by atoms with E-state index in [4.69, 9.17) is 5.73 Å². The highest BCUT2D eigenvalue weighted by Crippen LogP contribution is 2.21. The van der Waals surface area contributed by atoms with Gasteiger partial charge in [-0.1, -0.05) is 23.9 Å². The van der Waals surface area contributed by atoms with E-state index in [9.17, 15) is 0 Å². The van der Waals surface area contributed by atoms with E-state index in [0.29, 0.717) is 17.4 Å². The highest BCUT2D eigenvalue weighted by Gasteiger charge is 2.04. The van der Waals surface area contributed by atoms with E-state index < -0.39 is 0 Å². The Balaban J connectivity index is 1.76. The Bertz CT molecular complexity index is 646. The maximum atomic E-state index is 5.61. The SMILES string of the molecule is Nc1ccnc(CSc2nc3ccccc3[nH]2)n1. The van der Waals surface area contributed by atoms with Gasteiger partial charge >= 0.3 is 0 Å². The third-order valence-electron chi connectivity index (χ3n) is 2.43. The summed E-state index contributed by atoms with van der Waals surface area (Å²) in [6, 6.07) is 9.61. The Kier molecular flexibility index (Phi) is 2.85. The number of nitrogens with one attached hydrogen (secondary N) is 1. The topological polar surface area (TPSA) is 80.5 Å². The molecule has 0 saturated heterocycles. The number of H-pyrrole nitrogens is 1. The molecule has 6 heteroatoms. The minimum atomic E-state index is 0.491. The number of nitrogen functional groups attached to an aromatic ring is 1. The Labute approximate surface area is 108 Å². The number of imidazole rings is 1. The molecule has 1 aromatic carbocycles. The van der Waals surface area contributed by atoms with Gasteiger partial charge in [-0.25, -0.2) is 15.0 Å². The Hall–Kier alpha value is -2.08. The van der Waals surface area contributed by atoms with Crippen molar-refractivity contribution in [3.05, 3.63) is 42.4 Å². The summed E-state index contributed by atoms with van der Waals surface area (Å²) in [5, 5.41) is 0.863. The molecule has 0 aliphatic carbocycles. The fraction of sp³-hybridized carbons (Fsp3) is 0.0833. The molecule has 3 rings (SSSR count). The van der Waals surface area contributed by atoms with E-state index in [1.54, 1.807) is 24.0 Å². The maximum Gasteiger partial charge on any atom is 0.166 e. The molecule has 0 aliphatic rings. The van der Waals surface area contributed by atoms with Gasteiger partial charge in [0.05, 0.1) is 16.8 Å². The largest absolute Gasteiger partial charge is 0.384 e. The molecule has 90 valence electrons. The molecular formula is C12H11N5S. The van der Waals surface area contributed by atoms with Gasteiger partial charge in [0.2, 0.25) is 0 Å². The van der Waals surface area contributed by atoms with Crippen molar-refractivity contribution in [2.45, 2.75) is 10.9 Å². The van der Waals surface area contributed by atoms with Crippen LogP contribution < -0.4 is 5.73 Å². The summed E-state index contributed by atoms with van der Waals surface area (Å²) in [5.74, 6) is 1.84. The van der Waals surface area contributed by atoms with Gasteiger partial charge in [-0.15, -0.1) is 0 Å². The summed E-state index contributed by atoms with van der Waals surface area (Å²) >= 11 is 1.56. The number of nitrogens with zero attached hydrogens (tertiary/aromatic N) is 3. The second kappa shape index (κ2) is 4.66. The third-order valence-corrected chi connectivity index (χ3v) is 3.30. The molecule has 3 N–H and O–H groups in total. The second-order valence-corrected chi connectivity index (χ2v) is 4.71. The lowest BCUT2D eigenvalue weighted by Crippen LogP contribution is -1.96. The maximum absolute atomic E-state index is 5.61. The fourth-order valence-electron chi connectivity index (χ4n) is 1.62. The van der Waals surface area contributed by atoms with Crippen LogP contribution in [0.1, 0.15) is 5.82 Å². The molecule has 0 saturated carbocycles. The number of benzene rings is 1. The normalized spacial score (nSPS) is 10.9. The molecule has 0 radical (unpaired) electrons. The number of para-hydroxylation sites is 2. The average Bonchev–Trinajstić information content (AvgIpc) is 2.79. The number of rotatable bonds is 3. The van der Waals surface area contributed by atoms with Crippen molar-refractivity contribution in [3.63, 3.8) is 0 Å². The lowest BCUT2D eigenvalue weighted by molar-refractivity contribution is 1.02. The quantitative estimate of drug-likeness (QED) is 0.703. The minimum absolute atomic E-state index is 0.491. The van der Waals surface area contributed by atoms with Crippen molar-refractivity contribution in [3.8, 4) is 0 Å². The first-order valence-corrected chi connectivity index (χ1v) is 6.45. The number of fused-ring (bicyclic) bond motifs is 1. The Morgan fingerprint density at radius 3 is 2.89 bits per heavy atom. The molecule has 0 atom stereocenters. The number of thioether (sulfide) groups is 1.